The Hall–Kier alpha value is -8.39. The van der Waals surface area contributed by atoms with Gasteiger partial charge in [-0.15, -0.1) is 0 Å². The molecule has 0 aliphatic heterocycles. The molecule has 6 unspecified atom stereocenters. The zero-order chi connectivity index (χ0) is 54.2. The van der Waals surface area contributed by atoms with Crippen molar-refractivity contribution in [2.24, 2.45) is 16.8 Å². The lowest BCUT2D eigenvalue weighted by Crippen LogP contribution is -2.19. The Kier molecular flexibility index (Phi) is 12.7. The molecule has 14 rings (SSSR count). The molecule has 1 nitrogen and oxygen atoms in total. The fraction of sp³-hybridized carbons (Fsp3) is 0.203. The quantitative estimate of drug-likeness (QED) is 0.0657. The molecule has 80 heavy (non-hydrogen) atoms. The maximum Gasteiger partial charge on any atom is 0.0784 e. The Labute approximate surface area is 472 Å². The summed E-state index contributed by atoms with van der Waals surface area (Å²) in [5, 5.41) is 16.3. The van der Waals surface area contributed by atoms with Gasteiger partial charge in [0.2, 0.25) is 0 Å². The third-order valence-corrected chi connectivity index (χ3v) is 19.2. The number of nitrogens with zero attached hydrogens (tertiary/aromatic N) is 1. The molecule has 0 bridgehead atoms. The first kappa shape index (κ1) is 49.9. The summed E-state index contributed by atoms with van der Waals surface area (Å²) in [6, 6.07) is 85.4. The lowest BCUT2D eigenvalue weighted by atomic mass is 9.67. The smallest absolute Gasteiger partial charge is 0.0784 e. The van der Waals surface area contributed by atoms with Crippen LogP contribution in [-0.4, -0.2) is 5.71 Å². The van der Waals surface area contributed by atoms with Gasteiger partial charge in [0, 0.05) is 17.5 Å². The Bertz CT molecular complexity index is 4430. The van der Waals surface area contributed by atoms with Gasteiger partial charge in [-0.1, -0.05) is 253 Å². The van der Waals surface area contributed by atoms with Crippen LogP contribution in [0.4, 0.5) is 0 Å². The van der Waals surface area contributed by atoms with Crippen LogP contribution in [0.1, 0.15) is 134 Å². The molecule has 7 atom stereocenters. The molecule has 2 aliphatic carbocycles. The monoisotopic (exact) mass is 1030 g/mol. The molecule has 0 heterocycles. The van der Waals surface area contributed by atoms with Gasteiger partial charge >= 0.3 is 0 Å². The summed E-state index contributed by atoms with van der Waals surface area (Å²) in [5.74, 6) is 1.46. The minimum atomic E-state index is -0.0277. The summed E-state index contributed by atoms with van der Waals surface area (Å²) in [5.41, 5.74) is 17.6. The third-order valence-electron chi connectivity index (χ3n) is 19.2. The zero-order valence-electron chi connectivity index (χ0n) is 47.0. The maximum atomic E-state index is 5.99. The molecule has 0 saturated heterocycles. The van der Waals surface area contributed by atoms with Crippen molar-refractivity contribution in [3.63, 3.8) is 0 Å². The summed E-state index contributed by atoms with van der Waals surface area (Å²) in [6.45, 7) is 14.3. The third kappa shape index (κ3) is 8.14. The van der Waals surface area contributed by atoms with Crippen molar-refractivity contribution >= 4 is 75.9 Å². The number of hydrogen-bond acceptors (Lipinski definition) is 1. The molecular weight excluding hydrogens is 963 g/mol. The highest BCUT2D eigenvalue weighted by molar-refractivity contribution is 6.30. The van der Waals surface area contributed by atoms with Crippen LogP contribution < -0.4 is 0 Å². The molecule has 390 valence electrons. The first-order valence-electron chi connectivity index (χ1n) is 29.6. The summed E-state index contributed by atoms with van der Waals surface area (Å²) < 4.78 is 0. The Morgan fingerprint density at radius 3 is 1.84 bits per heavy atom. The molecule has 1 heteroatoms. The topological polar surface area (TPSA) is 12.4 Å². The molecule has 2 aliphatic rings. The van der Waals surface area contributed by atoms with Crippen LogP contribution in [0.2, 0.25) is 0 Å². The van der Waals surface area contributed by atoms with Crippen molar-refractivity contribution in [1.82, 2.24) is 0 Å². The highest BCUT2D eigenvalue weighted by Gasteiger charge is 2.36. The van der Waals surface area contributed by atoms with Crippen LogP contribution in [0.25, 0.3) is 81.3 Å². The first-order valence-corrected chi connectivity index (χ1v) is 29.6. The predicted molar refractivity (Wildman–Crippen MR) is 344 cm³/mol. The van der Waals surface area contributed by atoms with Crippen LogP contribution in [0.3, 0.4) is 0 Å². The standard InChI is InChI=1S/C79H69N/c1-7-48(3)78(80-79(56-30-16-11-17-31-56)52(8-2)43-49(4)53-25-12-9-13-26-53)65-42-41-58(61-35-22-23-36-62(61)65)50(5)67-46-72-59-33-20-19-32-57(59)44-71-70-47-73-68(45-69(70)64-38-24-37-63(67)76(64)77(71)72)51(6)74(55-28-14-10-15-29-55)66-40-39-54-27-18-21-34-60(54)75(66)73/h9-45,47-48,50-52,67,74,78H,7-8,46H2,1-6H3/b49-43+,80-79?/t48?,50?,51?,52?,67?,74-,78?/m1/s1. The summed E-state index contributed by atoms with van der Waals surface area (Å²) in [7, 11) is 0. The van der Waals surface area contributed by atoms with Crippen molar-refractivity contribution in [3.8, 4) is 11.1 Å². The van der Waals surface area contributed by atoms with Crippen LogP contribution in [-0.2, 0) is 6.42 Å². The van der Waals surface area contributed by atoms with Gasteiger partial charge in [-0.25, -0.2) is 0 Å². The van der Waals surface area contributed by atoms with Gasteiger partial charge in [0.1, 0.15) is 0 Å². The molecule has 0 N–H and O–H groups in total. The molecule has 0 radical (unpaired) electrons. The van der Waals surface area contributed by atoms with E-state index >= 15 is 0 Å². The van der Waals surface area contributed by atoms with Crippen molar-refractivity contribution in [3.05, 3.63) is 281 Å². The van der Waals surface area contributed by atoms with Crippen molar-refractivity contribution in [2.45, 2.75) is 90.5 Å². The van der Waals surface area contributed by atoms with E-state index in [0.29, 0.717) is 5.92 Å². The van der Waals surface area contributed by atoms with Gasteiger partial charge in [-0.05, 0) is 193 Å². The van der Waals surface area contributed by atoms with Gasteiger partial charge in [0.15, 0.2) is 0 Å². The van der Waals surface area contributed by atoms with E-state index in [9.17, 15) is 0 Å². The minimum absolute atomic E-state index is 0.0277. The Balaban J connectivity index is 0.944. The van der Waals surface area contributed by atoms with Gasteiger partial charge in [0.05, 0.1) is 6.04 Å². The summed E-state index contributed by atoms with van der Waals surface area (Å²) in [4.78, 5) is 5.99. The number of benzene rings is 12. The number of allylic oxidation sites excluding steroid dienone is 2. The molecule has 12 aromatic rings. The molecule has 0 amide bonds. The Morgan fingerprint density at radius 2 is 1.11 bits per heavy atom. The zero-order valence-corrected chi connectivity index (χ0v) is 47.0. The predicted octanol–water partition coefficient (Wildman–Crippen LogP) is 21.7. The second kappa shape index (κ2) is 20.4. The molecular formula is C79H69N. The maximum absolute atomic E-state index is 5.99. The van der Waals surface area contributed by atoms with E-state index < -0.39 is 0 Å². The van der Waals surface area contributed by atoms with E-state index in [-0.39, 0.29) is 35.6 Å². The fourth-order valence-corrected chi connectivity index (χ4v) is 14.9. The van der Waals surface area contributed by atoms with E-state index in [2.05, 4.69) is 272 Å². The van der Waals surface area contributed by atoms with Crippen LogP contribution in [0.15, 0.2) is 236 Å². The van der Waals surface area contributed by atoms with Crippen molar-refractivity contribution in [1.29, 1.82) is 0 Å². The summed E-state index contributed by atoms with van der Waals surface area (Å²) in [6.07, 6.45) is 5.41. The average Bonchev–Trinajstić information content (AvgIpc) is 3.67. The van der Waals surface area contributed by atoms with E-state index in [4.69, 9.17) is 4.99 Å². The molecule has 0 fully saturated rings. The molecule has 0 aromatic heterocycles. The minimum Gasteiger partial charge on any atom is -0.280 e. The highest BCUT2D eigenvalue weighted by atomic mass is 14.8. The van der Waals surface area contributed by atoms with Gasteiger partial charge < -0.3 is 0 Å². The second-order valence-electron chi connectivity index (χ2n) is 23.5. The molecule has 0 spiro atoms. The number of rotatable bonds is 12. The fourth-order valence-electron chi connectivity index (χ4n) is 14.9. The lowest BCUT2D eigenvalue weighted by molar-refractivity contribution is 0.459. The second-order valence-corrected chi connectivity index (χ2v) is 23.5. The van der Waals surface area contributed by atoms with Crippen LogP contribution in [0, 0.1) is 11.8 Å². The van der Waals surface area contributed by atoms with Crippen LogP contribution >= 0.6 is 0 Å². The Morgan fingerprint density at radius 1 is 0.500 bits per heavy atom. The highest BCUT2D eigenvalue weighted by Crippen LogP contribution is 2.56. The lowest BCUT2D eigenvalue weighted by Gasteiger charge is -2.36. The van der Waals surface area contributed by atoms with Crippen LogP contribution in [0.5, 0.6) is 0 Å². The normalized spacial score (nSPS) is 17.8. The van der Waals surface area contributed by atoms with E-state index in [0.717, 1.165) is 19.3 Å². The average molecular weight is 1030 g/mol. The van der Waals surface area contributed by atoms with Gasteiger partial charge in [-0.2, -0.15) is 0 Å². The van der Waals surface area contributed by atoms with Gasteiger partial charge in [0.25, 0.3) is 0 Å². The number of fused-ring (bicyclic) bond motifs is 11. The van der Waals surface area contributed by atoms with Crippen molar-refractivity contribution < 1.29 is 0 Å². The summed E-state index contributed by atoms with van der Waals surface area (Å²) >= 11 is 0. The first-order chi connectivity index (χ1) is 39.3. The van der Waals surface area contributed by atoms with Crippen molar-refractivity contribution in [2.75, 3.05) is 0 Å². The number of aliphatic imine (C=N–C) groups is 1. The van der Waals surface area contributed by atoms with E-state index in [1.165, 1.54) is 137 Å². The van der Waals surface area contributed by atoms with Gasteiger partial charge in [-0.3, -0.25) is 4.99 Å². The molecule has 12 aromatic carbocycles. The van der Waals surface area contributed by atoms with E-state index in [1.807, 2.05) is 0 Å². The molecule has 0 saturated carbocycles. The SMILES string of the molecule is CCC(/C=C(\C)c1ccccc1)C(=NC(c1ccc(C(C)C2Cc3c4ccccc4cc4c5cc6c(cc5c5cccc2c5c34)C(C)[C@H](c2ccccc2)c2ccc3ccccc3c2-6)c2ccccc12)C(C)CC)c1ccccc1. The van der Waals surface area contributed by atoms with E-state index in [1.54, 1.807) is 0 Å². The number of hydrogen-bond donors (Lipinski definition) is 0. The largest absolute Gasteiger partial charge is 0.280 e.